The molecular formula is C31H47N3O5S2. The standard InChI is InChI=1S/C15H14N2OS.C10H20O2.C6H13NO2S/c1-10(2)18-15-14(13-8-5-9-19-13)16-11-6-3-4-7-12(11)17-15;1-7(2)9(12)8(6-11)10(3,4)5;1-5(2)7-10(8,9)6-3-4-6/h3-10H,1-2H3;7-8,11H,6H2,1-5H3;5-7H,3-4H2,1-2H3/t;8-;/m.0./s1. The van der Waals surface area contributed by atoms with E-state index in [1.54, 1.807) is 11.3 Å². The number of rotatable bonds is 9. The third-order valence-corrected chi connectivity index (χ3v) is 9.17. The Morgan fingerprint density at radius 3 is 2.00 bits per heavy atom. The lowest BCUT2D eigenvalue weighted by Gasteiger charge is -2.28. The largest absolute Gasteiger partial charge is 0.473 e. The summed E-state index contributed by atoms with van der Waals surface area (Å²) in [5.74, 6) is 0.556. The summed E-state index contributed by atoms with van der Waals surface area (Å²) in [5, 5.41) is 11.0. The van der Waals surface area contributed by atoms with Crippen molar-refractivity contribution < 1.29 is 23.1 Å². The van der Waals surface area contributed by atoms with E-state index in [0.29, 0.717) is 5.88 Å². The maximum Gasteiger partial charge on any atom is 0.242 e. The third kappa shape index (κ3) is 11.1. The molecule has 2 N–H and O–H groups in total. The van der Waals surface area contributed by atoms with Gasteiger partial charge in [-0.05, 0) is 69.5 Å². The Hall–Kier alpha value is -2.40. The highest BCUT2D eigenvalue weighted by Gasteiger charge is 2.35. The Balaban J connectivity index is 0.000000232. The number of benzene rings is 1. The molecule has 0 saturated heterocycles. The first kappa shape index (κ1) is 34.8. The van der Waals surface area contributed by atoms with E-state index in [0.717, 1.165) is 34.4 Å². The van der Waals surface area contributed by atoms with Crippen LogP contribution in [0.1, 0.15) is 75.2 Å². The monoisotopic (exact) mass is 605 g/mol. The molecule has 0 spiro atoms. The summed E-state index contributed by atoms with van der Waals surface area (Å²) in [4.78, 5) is 21.9. The van der Waals surface area contributed by atoms with Crippen molar-refractivity contribution in [2.24, 2.45) is 17.3 Å². The fourth-order valence-electron chi connectivity index (χ4n) is 3.86. The number of nitrogens with one attached hydrogen (secondary N) is 1. The number of ketones is 1. The number of para-hydroxylation sites is 2. The molecule has 41 heavy (non-hydrogen) atoms. The van der Waals surface area contributed by atoms with Gasteiger partial charge in [0.2, 0.25) is 15.9 Å². The highest BCUT2D eigenvalue weighted by molar-refractivity contribution is 7.90. The molecule has 4 rings (SSSR count). The number of hydrogen-bond donors (Lipinski definition) is 2. The number of carbonyl (C=O) groups is 1. The van der Waals surface area contributed by atoms with Gasteiger partial charge in [-0.25, -0.2) is 23.1 Å². The summed E-state index contributed by atoms with van der Waals surface area (Å²) in [5.41, 5.74) is 2.44. The van der Waals surface area contributed by atoms with Gasteiger partial charge in [-0.15, -0.1) is 11.3 Å². The van der Waals surface area contributed by atoms with Gasteiger partial charge >= 0.3 is 0 Å². The van der Waals surface area contributed by atoms with Gasteiger partial charge in [0, 0.05) is 17.9 Å². The van der Waals surface area contributed by atoms with Crippen molar-refractivity contribution in [3.8, 4) is 16.5 Å². The Morgan fingerprint density at radius 2 is 1.61 bits per heavy atom. The summed E-state index contributed by atoms with van der Waals surface area (Å²) < 4.78 is 30.5. The lowest BCUT2D eigenvalue weighted by atomic mass is 9.76. The van der Waals surface area contributed by atoms with E-state index in [2.05, 4.69) is 9.71 Å². The molecule has 1 aliphatic carbocycles. The maximum absolute atomic E-state index is 11.6. The van der Waals surface area contributed by atoms with Crippen molar-refractivity contribution in [1.29, 1.82) is 0 Å². The quantitative estimate of drug-likeness (QED) is 0.286. The van der Waals surface area contributed by atoms with E-state index < -0.39 is 10.0 Å². The normalized spacial score (nSPS) is 14.4. The average Bonchev–Trinajstić information content (AvgIpc) is 3.59. The zero-order valence-corrected chi connectivity index (χ0v) is 27.5. The van der Waals surface area contributed by atoms with Gasteiger partial charge in [0.25, 0.3) is 0 Å². The Bertz CT molecular complexity index is 1340. The Kier molecular flexibility index (Phi) is 12.9. The molecule has 8 nitrogen and oxygen atoms in total. The van der Waals surface area contributed by atoms with Crippen LogP contribution in [0.25, 0.3) is 21.6 Å². The molecular weight excluding hydrogens is 558 g/mol. The molecule has 0 amide bonds. The topological polar surface area (TPSA) is 118 Å². The van der Waals surface area contributed by atoms with Gasteiger partial charge in [-0.1, -0.05) is 52.8 Å². The van der Waals surface area contributed by atoms with Crippen LogP contribution in [0.3, 0.4) is 0 Å². The van der Waals surface area contributed by atoms with Crippen LogP contribution < -0.4 is 9.46 Å². The number of sulfonamides is 1. The first-order valence-corrected chi connectivity index (χ1v) is 16.6. The Morgan fingerprint density at radius 1 is 1.02 bits per heavy atom. The van der Waals surface area contributed by atoms with Gasteiger partial charge in [0.05, 0.1) is 33.9 Å². The van der Waals surface area contributed by atoms with Crippen LogP contribution in [0.15, 0.2) is 41.8 Å². The van der Waals surface area contributed by atoms with Gasteiger partial charge < -0.3 is 9.84 Å². The number of aliphatic hydroxyl groups is 1. The molecule has 2 heterocycles. The second kappa shape index (κ2) is 15.2. The number of carbonyl (C=O) groups excluding carboxylic acids is 1. The third-order valence-electron chi connectivity index (χ3n) is 6.14. The second-order valence-corrected chi connectivity index (χ2v) is 15.1. The van der Waals surface area contributed by atoms with Crippen molar-refractivity contribution in [1.82, 2.24) is 14.7 Å². The van der Waals surface area contributed by atoms with Crippen LogP contribution in [0.2, 0.25) is 0 Å². The first-order chi connectivity index (χ1) is 19.1. The van der Waals surface area contributed by atoms with Crippen LogP contribution in [-0.4, -0.2) is 53.3 Å². The van der Waals surface area contributed by atoms with Crippen LogP contribution in [0, 0.1) is 17.3 Å². The molecule has 1 saturated carbocycles. The number of ether oxygens (including phenoxy) is 1. The van der Waals surface area contributed by atoms with E-state index in [1.807, 2.05) is 104 Å². The predicted octanol–water partition coefficient (Wildman–Crippen LogP) is 6.49. The fourth-order valence-corrected chi connectivity index (χ4v) is 6.17. The first-order valence-electron chi connectivity index (χ1n) is 14.2. The number of fused-ring (bicyclic) bond motifs is 1. The Labute approximate surface area is 250 Å². The van der Waals surface area contributed by atoms with E-state index >= 15 is 0 Å². The van der Waals surface area contributed by atoms with Crippen molar-refractivity contribution >= 4 is 38.2 Å². The van der Waals surface area contributed by atoms with E-state index in [4.69, 9.17) is 14.8 Å². The van der Waals surface area contributed by atoms with Crippen molar-refractivity contribution in [2.45, 2.75) is 92.6 Å². The lowest BCUT2D eigenvalue weighted by Crippen LogP contribution is -2.34. The summed E-state index contributed by atoms with van der Waals surface area (Å²) in [6, 6.07) is 11.9. The molecule has 0 unspecified atom stereocenters. The van der Waals surface area contributed by atoms with Crippen molar-refractivity contribution in [3.63, 3.8) is 0 Å². The minimum atomic E-state index is -2.94. The molecule has 3 aromatic rings. The fraction of sp³-hybridized carbons (Fsp3) is 0.581. The highest BCUT2D eigenvalue weighted by Crippen LogP contribution is 2.32. The highest BCUT2D eigenvalue weighted by atomic mass is 32.2. The maximum atomic E-state index is 11.6. The molecule has 10 heteroatoms. The van der Waals surface area contributed by atoms with Crippen LogP contribution in [0.5, 0.6) is 5.88 Å². The molecule has 1 atom stereocenters. The second-order valence-electron chi connectivity index (χ2n) is 12.2. The molecule has 1 aromatic carbocycles. The smallest absolute Gasteiger partial charge is 0.242 e. The molecule has 0 aliphatic heterocycles. The number of nitrogens with zero attached hydrogens (tertiary/aromatic N) is 2. The predicted molar refractivity (Wildman–Crippen MR) is 169 cm³/mol. The zero-order valence-electron chi connectivity index (χ0n) is 25.8. The molecule has 1 aliphatic rings. The zero-order chi connectivity index (χ0) is 31.0. The lowest BCUT2D eigenvalue weighted by molar-refractivity contribution is -0.130. The van der Waals surface area contributed by atoms with Crippen molar-refractivity contribution in [3.05, 3.63) is 41.8 Å². The number of aromatic nitrogens is 2. The molecule has 0 radical (unpaired) electrons. The SMILES string of the molecule is CC(C)C(=O)[C@H](CO)C(C)(C)C.CC(C)NS(=O)(=O)C1CC1.CC(C)Oc1nc2ccccc2nc1-c1cccs1. The van der Waals surface area contributed by atoms with Crippen molar-refractivity contribution in [2.75, 3.05) is 6.61 Å². The van der Waals surface area contributed by atoms with E-state index in [9.17, 15) is 13.2 Å². The molecule has 0 bridgehead atoms. The summed E-state index contributed by atoms with van der Waals surface area (Å²) in [6.45, 7) is 17.3. The summed E-state index contributed by atoms with van der Waals surface area (Å²) in [7, 11) is -2.94. The van der Waals surface area contributed by atoms with E-state index in [1.165, 1.54) is 0 Å². The number of thiophene rings is 1. The van der Waals surface area contributed by atoms with Gasteiger partial charge in [0.15, 0.2) is 0 Å². The minimum absolute atomic E-state index is 0.0152. The van der Waals surface area contributed by atoms with Crippen LogP contribution in [0.4, 0.5) is 0 Å². The number of hydrogen-bond acceptors (Lipinski definition) is 8. The molecule has 1 fully saturated rings. The van der Waals surface area contributed by atoms with E-state index in [-0.39, 0.29) is 47.0 Å². The van der Waals surface area contributed by atoms with Gasteiger partial charge in [-0.2, -0.15) is 0 Å². The van der Waals surface area contributed by atoms with Gasteiger partial charge in [0.1, 0.15) is 11.5 Å². The summed E-state index contributed by atoms with van der Waals surface area (Å²) >= 11 is 1.64. The number of Topliss-reactive ketones (excluding diaryl/α,β-unsaturated/α-hetero) is 1. The molecule has 2 aromatic heterocycles. The number of aliphatic hydroxyl groups excluding tert-OH is 1. The van der Waals surface area contributed by atoms with Crippen LogP contribution in [-0.2, 0) is 14.8 Å². The van der Waals surface area contributed by atoms with Crippen LogP contribution >= 0.6 is 11.3 Å². The average molecular weight is 606 g/mol. The minimum Gasteiger partial charge on any atom is -0.473 e. The van der Waals surface area contributed by atoms with Gasteiger partial charge in [-0.3, -0.25) is 4.79 Å². The summed E-state index contributed by atoms with van der Waals surface area (Å²) in [6.07, 6.45) is 1.75. The molecule has 228 valence electrons.